The molecule has 2 N–H and O–H groups in total. The number of hydrogen-bond donors (Lipinski definition) is 2. The second kappa shape index (κ2) is 5.85. The Hall–Kier alpha value is -2.88. The van der Waals surface area contributed by atoms with Crippen LogP contribution in [0.2, 0.25) is 0 Å². The first-order valence-corrected chi connectivity index (χ1v) is 6.74. The maximum absolute atomic E-state index is 13.7. The monoisotopic (exact) mass is 301 g/mol. The number of carbonyl (C=O) groups is 1. The number of benzene rings is 1. The maximum Gasteiger partial charge on any atom is 0.362 e. The number of nitrogens with one attached hydrogen (secondary N) is 1. The van der Waals surface area contributed by atoms with E-state index in [0.717, 1.165) is 6.42 Å². The van der Waals surface area contributed by atoms with E-state index in [1.807, 2.05) is 0 Å². The zero-order valence-corrected chi connectivity index (χ0v) is 11.5. The number of ether oxygens (including phenoxy) is 1. The fourth-order valence-electron chi connectivity index (χ4n) is 1.82. The molecule has 2 aromatic rings. The lowest BCUT2D eigenvalue weighted by Crippen LogP contribution is -2.00. The van der Waals surface area contributed by atoms with Crippen LogP contribution in [0.25, 0.3) is 0 Å². The second-order valence-electron chi connectivity index (χ2n) is 4.99. The largest absolute Gasteiger partial charge is 0.476 e. The van der Waals surface area contributed by atoms with E-state index < -0.39 is 11.8 Å². The summed E-state index contributed by atoms with van der Waals surface area (Å²) >= 11 is 0. The highest BCUT2D eigenvalue weighted by Crippen LogP contribution is 2.31. The SMILES string of the molecule is O=C(O)c1nn[nH]c1Oc1ccc(F)c(C#CCC2CC2)c1. The highest BCUT2D eigenvalue weighted by molar-refractivity contribution is 5.87. The molecule has 1 aromatic carbocycles. The van der Waals surface area contributed by atoms with Gasteiger partial charge in [0.05, 0.1) is 5.56 Å². The Labute approximate surface area is 125 Å². The smallest absolute Gasteiger partial charge is 0.362 e. The number of carboxylic acid groups (broad SMARTS) is 1. The van der Waals surface area contributed by atoms with Gasteiger partial charge in [0.2, 0.25) is 5.69 Å². The van der Waals surface area contributed by atoms with Gasteiger partial charge in [0.15, 0.2) is 0 Å². The van der Waals surface area contributed by atoms with Gasteiger partial charge in [0.1, 0.15) is 11.6 Å². The summed E-state index contributed by atoms with van der Waals surface area (Å²) in [5.74, 6) is 4.79. The number of H-pyrrole nitrogens is 1. The molecule has 1 heterocycles. The quantitative estimate of drug-likeness (QED) is 0.847. The van der Waals surface area contributed by atoms with Crippen LogP contribution in [0.15, 0.2) is 18.2 Å². The maximum atomic E-state index is 13.7. The summed E-state index contributed by atoms with van der Waals surface area (Å²) in [5, 5.41) is 18.0. The van der Waals surface area contributed by atoms with E-state index in [0.29, 0.717) is 5.92 Å². The molecule has 0 radical (unpaired) electrons. The van der Waals surface area contributed by atoms with E-state index in [1.54, 1.807) is 0 Å². The van der Waals surface area contributed by atoms with Crippen molar-refractivity contribution in [3.8, 4) is 23.5 Å². The van der Waals surface area contributed by atoms with Crippen LogP contribution in [0.1, 0.15) is 35.3 Å². The Morgan fingerprint density at radius 3 is 3.05 bits per heavy atom. The first kappa shape index (κ1) is 14.1. The summed E-state index contributed by atoms with van der Waals surface area (Å²) in [6.45, 7) is 0. The molecule has 0 bridgehead atoms. The lowest BCUT2D eigenvalue weighted by atomic mass is 10.2. The number of halogens is 1. The number of aromatic amines is 1. The predicted molar refractivity (Wildman–Crippen MR) is 74.0 cm³/mol. The van der Waals surface area contributed by atoms with Gasteiger partial charge >= 0.3 is 5.97 Å². The van der Waals surface area contributed by atoms with Gasteiger partial charge in [0, 0.05) is 6.42 Å². The van der Waals surface area contributed by atoms with Gasteiger partial charge in [0.25, 0.3) is 5.88 Å². The van der Waals surface area contributed by atoms with Crippen molar-refractivity contribution in [3.05, 3.63) is 35.3 Å². The summed E-state index contributed by atoms with van der Waals surface area (Å²) in [7, 11) is 0. The van der Waals surface area contributed by atoms with Crippen LogP contribution in [-0.4, -0.2) is 26.5 Å². The van der Waals surface area contributed by atoms with Gasteiger partial charge in [-0.2, -0.15) is 0 Å². The molecule has 0 atom stereocenters. The van der Waals surface area contributed by atoms with Crippen LogP contribution in [0.5, 0.6) is 11.6 Å². The van der Waals surface area contributed by atoms with E-state index in [9.17, 15) is 9.18 Å². The molecule has 0 unspecified atom stereocenters. The Balaban J connectivity index is 1.79. The Morgan fingerprint density at radius 1 is 1.50 bits per heavy atom. The lowest BCUT2D eigenvalue weighted by molar-refractivity contribution is 0.0687. The van der Waals surface area contributed by atoms with Crippen molar-refractivity contribution in [1.29, 1.82) is 0 Å². The molecule has 1 saturated carbocycles. The molecular weight excluding hydrogens is 289 g/mol. The molecule has 1 aliphatic carbocycles. The molecule has 1 fully saturated rings. The van der Waals surface area contributed by atoms with Crippen LogP contribution < -0.4 is 4.74 Å². The number of rotatable bonds is 4. The first-order valence-electron chi connectivity index (χ1n) is 6.74. The van der Waals surface area contributed by atoms with E-state index >= 15 is 0 Å². The Bertz CT molecular complexity index is 772. The molecule has 22 heavy (non-hydrogen) atoms. The van der Waals surface area contributed by atoms with Gasteiger partial charge < -0.3 is 9.84 Å². The summed E-state index contributed by atoms with van der Waals surface area (Å²) in [5.41, 5.74) is -0.131. The standard InChI is InChI=1S/C15H12FN3O3/c16-12-7-6-11(8-10(12)3-1-2-9-4-5-9)22-14-13(15(20)21)17-19-18-14/h6-9H,2,4-5H2,(H,20,21)(H,17,18,19). The van der Waals surface area contributed by atoms with Crippen molar-refractivity contribution in [1.82, 2.24) is 15.4 Å². The van der Waals surface area contributed by atoms with Crippen molar-refractivity contribution < 1.29 is 19.0 Å². The van der Waals surface area contributed by atoms with Crippen molar-refractivity contribution in [3.63, 3.8) is 0 Å². The molecule has 6 nitrogen and oxygen atoms in total. The van der Waals surface area contributed by atoms with Gasteiger partial charge in [-0.05, 0) is 37.0 Å². The van der Waals surface area contributed by atoms with Crippen LogP contribution in [0, 0.1) is 23.6 Å². The lowest BCUT2D eigenvalue weighted by Gasteiger charge is -2.04. The third-order valence-corrected chi connectivity index (χ3v) is 3.19. The van der Waals surface area contributed by atoms with Crippen LogP contribution >= 0.6 is 0 Å². The van der Waals surface area contributed by atoms with Crippen molar-refractivity contribution in [2.24, 2.45) is 5.92 Å². The molecule has 1 aliphatic rings. The highest BCUT2D eigenvalue weighted by Gasteiger charge is 2.19. The average Bonchev–Trinajstić information content (AvgIpc) is 3.19. The van der Waals surface area contributed by atoms with Gasteiger partial charge in [-0.25, -0.2) is 14.3 Å². The minimum atomic E-state index is -1.27. The van der Waals surface area contributed by atoms with E-state index in [4.69, 9.17) is 9.84 Å². The first-order chi connectivity index (χ1) is 10.6. The zero-order valence-electron chi connectivity index (χ0n) is 11.5. The van der Waals surface area contributed by atoms with Gasteiger partial charge in [-0.3, -0.25) is 0 Å². The topological polar surface area (TPSA) is 88.1 Å². The number of carboxylic acids is 1. The fraction of sp³-hybridized carbons (Fsp3) is 0.267. The van der Waals surface area contributed by atoms with E-state index in [1.165, 1.54) is 31.0 Å². The molecule has 0 amide bonds. The highest BCUT2D eigenvalue weighted by atomic mass is 19.1. The Morgan fingerprint density at radius 2 is 2.32 bits per heavy atom. The van der Waals surface area contributed by atoms with Gasteiger partial charge in [-0.15, -0.1) is 5.10 Å². The van der Waals surface area contributed by atoms with Crippen molar-refractivity contribution in [2.45, 2.75) is 19.3 Å². The van der Waals surface area contributed by atoms with Crippen LogP contribution in [0.3, 0.4) is 0 Å². The molecular formula is C15H12FN3O3. The second-order valence-corrected chi connectivity index (χ2v) is 4.99. The summed E-state index contributed by atoms with van der Waals surface area (Å²) in [6.07, 6.45) is 3.13. The van der Waals surface area contributed by atoms with Crippen molar-refractivity contribution in [2.75, 3.05) is 0 Å². The molecule has 112 valence electrons. The number of aromatic nitrogens is 3. The van der Waals surface area contributed by atoms with E-state index in [-0.39, 0.29) is 22.9 Å². The fourth-order valence-corrected chi connectivity index (χ4v) is 1.82. The average molecular weight is 301 g/mol. The summed E-state index contributed by atoms with van der Waals surface area (Å²) < 4.78 is 19.1. The zero-order chi connectivity index (χ0) is 15.5. The molecule has 0 saturated heterocycles. The molecule has 0 spiro atoms. The third-order valence-electron chi connectivity index (χ3n) is 3.19. The van der Waals surface area contributed by atoms with Crippen LogP contribution in [0.4, 0.5) is 4.39 Å². The number of aromatic carboxylic acids is 1. The third kappa shape index (κ3) is 3.23. The predicted octanol–water partition coefficient (Wildman–Crippen LogP) is 2.59. The summed E-state index contributed by atoms with van der Waals surface area (Å²) in [6, 6.07) is 4.02. The normalized spacial score (nSPS) is 13.3. The minimum Gasteiger partial charge on any atom is -0.476 e. The molecule has 1 aromatic heterocycles. The molecule has 3 rings (SSSR count). The molecule has 0 aliphatic heterocycles. The number of nitrogens with zero attached hydrogens (tertiary/aromatic N) is 2. The molecule has 7 heteroatoms. The summed E-state index contributed by atoms with van der Waals surface area (Å²) in [4.78, 5) is 10.9. The van der Waals surface area contributed by atoms with E-state index in [2.05, 4.69) is 27.3 Å². The number of hydrogen-bond acceptors (Lipinski definition) is 4. The van der Waals surface area contributed by atoms with Crippen LogP contribution in [-0.2, 0) is 0 Å². The Kier molecular flexibility index (Phi) is 3.74. The van der Waals surface area contributed by atoms with Gasteiger partial charge in [-0.1, -0.05) is 17.1 Å². The minimum absolute atomic E-state index is 0.115. The van der Waals surface area contributed by atoms with Crippen molar-refractivity contribution >= 4 is 5.97 Å².